The van der Waals surface area contributed by atoms with Crippen molar-refractivity contribution in [2.45, 2.75) is 19.9 Å². The summed E-state index contributed by atoms with van der Waals surface area (Å²) in [6.45, 7) is 9.44. The molecule has 1 aromatic carbocycles. The Bertz CT molecular complexity index is 851. The SMILES string of the molecule is CN=C(NCc1oc2ccc(F)cc2c1C)N1CCC(CN2CCOCC2)C1.I. The summed E-state index contributed by atoms with van der Waals surface area (Å²) in [5.41, 5.74) is 1.70. The van der Waals surface area contributed by atoms with Crippen molar-refractivity contribution in [3.8, 4) is 0 Å². The summed E-state index contributed by atoms with van der Waals surface area (Å²) in [4.78, 5) is 9.29. The van der Waals surface area contributed by atoms with Gasteiger partial charge in [-0.25, -0.2) is 4.39 Å². The number of nitrogens with one attached hydrogen (secondary N) is 1. The summed E-state index contributed by atoms with van der Waals surface area (Å²) in [6.07, 6.45) is 1.18. The van der Waals surface area contributed by atoms with Gasteiger partial charge in [0.05, 0.1) is 19.8 Å². The second-order valence-electron chi connectivity index (χ2n) is 7.71. The second-order valence-corrected chi connectivity index (χ2v) is 7.71. The predicted molar refractivity (Wildman–Crippen MR) is 123 cm³/mol. The van der Waals surface area contributed by atoms with Crippen molar-refractivity contribution < 1.29 is 13.5 Å². The van der Waals surface area contributed by atoms with Gasteiger partial charge in [-0.05, 0) is 37.5 Å². The zero-order valence-electron chi connectivity index (χ0n) is 17.1. The average Bonchev–Trinajstić information content (AvgIpc) is 3.28. The molecule has 1 unspecified atom stereocenters. The minimum atomic E-state index is -0.241. The third-order valence-electron chi connectivity index (χ3n) is 5.82. The molecular weight excluding hydrogens is 486 g/mol. The molecule has 0 spiro atoms. The molecule has 0 radical (unpaired) electrons. The van der Waals surface area contributed by atoms with Crippen LogP contribution in [0.1, 0.15) is 17.7 Å². The Morgan fingerprint density at radius 1 is 1.28 bits per heavy atom. The van der Waals surface area contributed by atoms with Crippen LogP contribution in [0.2, 0.25) is 0 Å². The molecule has 6 nitrogen and oxygen atoms in total. The Labute approximate surface area is 188 Å². The molecule has 2 aliphatic heterocycles. The largest absolute Gasteiger partial charge is 0.459 e. The van der Waals surface area contributed by atoms with Gasteiger partial charge in [-0.15, -0.1) is 24.0 Å². The summed E-state index contributed by atoms with van der Waals surface area (Å²) in [7, 11) is 1.82. The first-order valence-electron chi connectivity index (χ1n) is 10.1. The fraction of sp³-hybridized carbons (Fsp3) is 0.571. The lowest BCUT2D eigenvalue weighted by molar-refractivity contribution is 0.0315. The van der Waals surface area contributed by atoms with Gasteiger partial charge in [0.25, 0.3) is 0 Å². The summed E-state index contributed by atoms with van der Waals surface area (Å²) >= 11 is 0. The lowest BCUT2D eigenvalue weighted by Gasteiger charge is -2.29. The molecule has 0 amide bonds. The number of furan rings is 1. The summed E-state index contributed by atoms with van der Waals surface area (Å²) in [6, 6.07) is 4.65. The Morgan fingerprint density at radius 2 is 2.07 bits per heavy atom. The standard InChI is InChI=1S/C21H29FN4O2.HI/c1-15-18-11-17(22)3-4-19(18)28-20(15)12-24-21(23-2)26-6-5-16(14-26)13-25-7-9-27-10-8-25;/h3-4,11,16H,5-10,12-14H2,1-2H3,(H,23,24);1H. The second kappa shape index (κ2) is 10.1. The quantitative estimate of drug-likeness (QED) is 0.385. The molecule has 0 saturated carbocycles. The maximum absolute atomic E-state index is 13.5. The van der Waals surface area contributed by atoms with Crippen molar-refractivity contribution in [2.24, 2.45) is 10.9 Å². The molecule has 1 atom stereocenters. The number of fused-ring (bicyclic) bond motifs is 1. The molecule has 8 heteroatoms. The molecular formula is C21H30FIN4O2. The van der Waals surface area contributed by atoms with E-state index >= 15 is 0 Å². The number of hydrogen-bond donors (Lipinski definition) is 1. The minimum Gasteiger partial charge on any atom is -0.459 e. The highest BCUT2D eigenvalue weighted by molar-refractivity contribution is 14.0. The van der Waals surface area contributed by atoms with E-state index in [1.165, 1.54) is 18.6 Å². The number of likely N-dealkylation sites (tertiary alicyclic amines) is 1. The third kappa shape index (κ3) is 5.21. The van der Waals surface area contributed by atoms with Crippen LogP contribution in [0, 0.1) is 18.7 Å². The molecule has 160 valence electrons. The Balaban J connectivity index is 0.00000240. The smallest absolute Gasteiger partial charge is 0.194 e. The van der Waals surface area contributed by atoms with Gasteiger partial charge in [-0.2, -0.15) is 0 Å². The van der Waals surface area contributed by atoms with E-state index in [1.807, 2.05) is 14.0 Å². The van der Waals surface area contributed by atoms with Gasteiger partial charge in [0, 0.05) is 50.7 Å². The number of halogens is 2. The van der Waals surface area contributed by atoms with Crippen LogP contribution in [-0.2, 0) is 11.3 Å². The van der Waals surface area contributed by atoms with E-state index < -0.39 is 0 Å². The molecule has 1 aromatic heterocycles. The van der Waals surface area contributed by atoms with Crippen LogP contribution >= 0.6 is 24.0 Å². The van der Waals surface area contributed by atoms with Crippen LogP contribution in [0.25, 0.3) is 11.0 Å². The average molecular weight is 516 g/mol. The fourth-order valence-corrected chi connectivity index (χ4v) is 4.23. The van der Waals surface area contributed by atoms with Crippen LogP contribution < -0.4 is 5.32 Å². The van der Waals surface area contributed by atoms with Gasteiger partial charge in [0.2, 0.25) is 0 Å². The van der Waals surface area contributed by atoms with Crippen molar-refractivity contribution in [1.82, 2.24) is 15.1 Å². The number of hydrogen-bond acceptors (Lipinski definition) is 4. The van der Waals surface area contributed by atoms with E-state index in [2.05, 4.69) is 20.1 Å². The molecule has 0 bridgehead atoms. The molecule has 0 aliphatic carbocycles. The van der Waals surface area contributed by atoms with Gasteiger partial charge in [0.1, 0.15) is 17.2 Å². The number of rotatable bonds is 4. The van der Waals surface area contributed by atoms with Crippen molar-refractivity contribution in [1.29, 1.82) is 0 Å². The maximum atomic E-state index is 13.5. The van der Waals surface area contributed by atoms with Crippen LogP contribution in [0.4, 0.5) is 4.39 Å². The van der Waals surface area contributed by atoms with Gasteiger partial charge in [-0.3, -0.25) is 9.89 Å². The minimum absolute atomic E-state index is 0. The lowest BCUT2D eigenvalue weighted by Crippen LogP contribution is -2.42. The molecule has 2 aliphatic rings. The number of nitrogens with zero attached hydrogens (tertiary/aromatic N) is 3. The maximum Gasteiger partial charge on any atom is 0.194 e. The first-order valence-corrected chi connectivity index (χ1v) is 10.1. The van der Waals surface area contributed by atoms with Crippen molar-refractivity contribution in [2.75, 3.05) is 53.0 Å². The van der Waals surface area contributed by atoms with Crippen molar-refractivity contribution in [3.63, 3.8) is 0 Å². The van der Waals surface area contributed by atoms with Crippen LogP contribution in [-0.4, -0.2) is 68.7 Å². The molecule has 2 aromatic rings. The summed E-state index contributed by atoms with van der Waals surface area (Å²) in [5.74, 6) is 2.14. The number of aryl methyl sites for hydroxylation is 1. The Morgan fingerprint density at radius 3 is 2.83 bits per heavy atom. The first-order chi connectivity index (χ1) is 13.6. The van der Waals surface area contributed by atoms with Gasteiger partial charge >= 0.3 is 0 Å². The molecule has 4 rings (SSSR count). The van der Waals surface area contributed by atoms with E-state index in [0.29, 0.717) is 12.5 Å². The molecule has 2 fully saturated rings. The first kappa shape index (κ1) is 22.3. The molecule has 1 N–H and O–H groups in total. The summed E-state index contributed by atoms with van der Waals surface area (Å²) in [5, 5.41) is 4.26. The van der Waals surface area contributed by atoms with Crippen LogP contribution in [0.15, 0.2) is 27.6 Å². The van der Waals surface area contributed by atoms with E-state index in [1.54, 1.807) is 6.07 Å². The number of guanidine groups is 1. The zero-order valence-corrected chi connectivity index (χ0v) is 19.4. The third-order valence-corrected chi connectivity index (χ3v) is 5.82. The topological polar surface area (TPSA) is 53.2 Å². The highest BCUT2D eigenvalue weighted by Crippen LogP contribution is 2.26. The van der Waals surface area contributed by atoms with Gasteiger partial charge in [0.15, 0.2) is 5.96 Å². The fourth-order valence-electron chi connectivity index (χ4n) is 4.23. The Hall–Kier alpha value is -1.39. The van der Waals surface area contributed by atoms with E-state index in [4.69, 9.17) is 9.15 Å². The monoisotopic (exact) mass is 516 g/mol. The summed E-state index contributed by atoms with van der Waals surface area (Å²) < 4.78 is 24.9. The normalized spacial score (nSPS) is 20.9. The highest BCUT2D eigenvalue weighted by atomic mass is 127. The zero-order chi connectivity index (χ0) is 19.5. The van der Waals surface area contributed by atoms with E-state index in [-0.39, 0.29) is 29.8 Å². The van der Waals surface area contributed by atoms with Crippen molar-refractivity contribution in [3.05, 3.63) is 35.3 Å². The molecule has 29 heavy (non-hydrogen) atoms. The number of aliphatic imine (C=N–C) groups is 1. The van der Waals surface area contributed by atoms with Crippen LogP contribution in [0.3, 0.4) is 0 Å². The molecule has 2 saturated heterocycles. The Kier molecular flexibility index (Phi) is 7.75. The lowest BCUT2D eigenvalue weighted by atomic mass is 10.1. The highest BCUT2D eigenvalue weighted by Gasteiger charge is 2.27. The van der Waals surface area contributed by atoms with Gasteiger partial charge in [-0.1, -0.05) is 0 Å². The van der Waals surface area contributed by atoms with Crippen molar-refractivity contribution >= 4 is 40.9 Å². The number of benzene rings is 1. The number of morpholine rings is 1. The van der Waals surface area contributed by atoms with E-state index in [9.17, 15) is 4.39 Å². The molecule has 3 heterocycles. The van der Waals surface area contributed by atoms with E-state index in [0.717, 1.165) is 74.2 Å². The van der Waals surface area contributed by atoms with Gasteiger partial charge < -0.3 is 19.4 Å². The number of ether oxygens (including phenoxy) is 1. The van der Waals surface area contributed by atoms with Crippen LogP contribution in [0.5, 0.6) is 0 Å². The predicted octanol–water partition coefficient (Wildman–Crippen LogP) is 3.23.